The van der Waals surface area contributed by atoms with Crippen LogP contribution in [0.15, 0.2) is 152 Å². The van der Waals surface area contributed by atoms with E-state index < -0.39 is 0 Å². The SMILES string of the molecule is CC1(C)c2ccccc2-c2cc3ccc4c(-c5cc(-c6cccc(-c7ccncc7)c6)nc(-c6ccccc6)n5)cccc4c3cc21. The number of nitrogens with zero attached hydrogens (tertiary/aromatic N) is 3. The molecule has 0 spiro atoms. The molecular formula is C44H31N3. The zero-order valence-corrected chi connectivity index (χ0v) is 26.3. The van der Waals surface area contributed by atoms with Crippen molar-refractivity contribution in [1.82, 2.24) is 15.0 Å². The molecule has 0 fully saturated rings. The molecule has 0 unspecified atom stereocenters. The molecule has 0 atom stereocenters. The fourth-order valence-electron chi connectivity index (χ4n) is 7.36. The summed E-state index contributed by atoms with van der Waals surface area (Å²) in [5, 5.41) is 4.94. The molecule has 8 aromatic rings. The van der Waals surface area contributed by atoms with Crippen LogP contribution < -0.4 is 0 Å². The van der Waals surface area contributed by atoms with Gasteiger partial charge >= 0.3 is 0 Å². The molecular weight excluding hydrogens is 571 g/mol. The van der Waals surface area contributed by atoms with Crippen molar-refractivity contribution in [1.29, 1.82) is 0 Å². The number of rotatable bonds is 4. The van der Waals surface area contributed by atoms with E-state index in [2.05, 4.69) is 128 Å². The Morgan fingerprint density at radius 1 is 0.426 bits per heavy atom. The fourth-order valence-corrected chi connectivity index (χ4v) is 7.36. The molecule has 0 amide bonds. The van der Waals surface area contributed by atoms with Crippen LogP contribution >= 0.6 is 0 Å². The average Bonchev–Trinajstić information content (AvgIpc) is 3.36. The van der Waals surface area contributed by atoms with Crippen molar-refractivity contribution in [3.8, 4) is 56.2 Å². The normalized spacial score (nSPS) is 13.1. The van der Waals surface area contributed by atoms with Crippen molar-refractivity contribution in [3.63, 3.8) is 0 Å². The minimum atomic E-state index is -0.0587. The van der Waals surface area contributed by atoms with Crippen LogP contribution in [0.25, 0.3) is 77.7 Å². The summed E-state index contributed by atoms with van der Waals surface area (Å²) in [6.45, 7) is 4.69. The molecule has 0 saturated heterocycles. The van der Waals surface area contributed by atoms with Crippen molar-refractivity contribution in [3.05, 3.63) is 163 Å². The van der Waals surface area contributed by atoms with Crippen LogP contribution in [0.3, 0.4) is 0 Å². The molecule has 0 N–H and O–H groups in total. The highest BCUT2D eigenvalue weighted by molar-refractivity contribution is 6.13. The predicted octanol–water partition coefficient (Wildman–Crippen LogP) is 11.2. The molecule has 3 nitrogen and oxygen atoms in total. The molecule has 0 aliphatic heterocycles. The Hall–Kier alpha value is -5.93. The van der Waals surface area contributed by atoms with Crippen LogP contribution in [0.5, 0.6) is 0 Å². The third-order valence-electron chi connectivity index (χ3n) is 9.79. The van der Waals surface area contributed by atoms with E-state index in [-0.39, 0.29) is 5.41 Å². The first kappa shape index (κ1) is 27.4. The van der Waals surface area contributed by atoms with Crippen molar-refractivity contribution in [2.45, 2.75) is 19.3 Å². The lowest BCUT2D eigenvalue weighted by molar-refractivity contribution is 0.661. The van der Waals surface area contributed by atoms with E-state index in [1.807, 2.05) is 42.7 Å². The van der Waals surface area contributed by atoms with Gasteiger partial charge in [0.1, 0.15) is 0 Å². The van der Waals surface area contributed by atoms with Crippen molar-refractivity contribution in [2.75, 3.05) is 0 Å². The molecule has 47 heavy (non-hydrogen) atoms. The van der Waals surface area contributed by atoms with Gasteiger partial charge in [-0.1, -0.05) is 117 Å². The number of fused-ring (bicyclic) bond motifs is 6. The van der Waals surface area contributed by atoms with Gasteiger partial charge in [-0.15, -0.1) is 0 Å². The molecule has 6 aromatic carbocycles. The maximum atomic E-state index is 5.20. The van der Waals surface area contributed by atoms with Gasteiger partial charge in [-0.2, -0.15) is 0 Å². The molecule has 1 aliphatic rings. The molecule has 1 aliphatic carbocycles. The largest absolute Gasteiger partial charge is 0.265 e. The Bertz CT molecular complexity index is 2480. The third kappa shape index (κ3) is 4.46. The van der Waals surface area contributed by atoms with Crippen molar-refractivity contribution < 1.29 is 0 Å². The second-order valence-corrected chi connectivity index (χ2v) is 12.9. The topological polar surface area (TPSA) is 38.7 Å². The minimum absolute atomic E-state index is 0.0587. The molecule has 3 heteroatoms. The Kier molecular flexibility index (Phi) is 6.16. The summed E-state index contributed by atoms with van der Waals surface area (Å²) in [6, 6.07) is 49.8. The smallest absolute Gasteiger partial charge is 0.160 e. The molecule has 222 valence electrons. The molecule has 0 radical (unpaired) electrons. The van der Waals surface area contributed by atoms with Crippen molar-refractivity contribution >= 4 is 21.5 Å². The standard InChI is InChI=1S/C44H31N3/c1-44(2)39-17-7-6-14-35(39)38-25-31-18-19-34-33(37(31)26-40(38)44)15-9-16-36(34)42-27-41(46-43(47-42)29-10-4-3-5-11-29)32-13-8-12-30(24-32)28-20-22-45-23-21-28/h3-27H,1-2H3. The lowest BCUT2D eigenvalue weighted by Crippen LogP contribution is -2.14. The average molecular weight is 602 g/mol. The van der Waals surface area contributed by atoms with Gasteiger partial charge in [0.15, 0.2) is 5.82 Å². The summed E-state index contributed by atoms with van der Waals surface area (Å²) in [5.41, 5.74) is 12.6. The van der Waals surface area contributed by atoms with Gasteiger partial charge in [0, 0.05) is 34.5 Å². The third-order valence-corrected chi connectivity index (χ3v) is 9.79. The first-order chi connectivity index (χ1) is 23.0. The number of aromatic nitrogens is 3. The zero-order valence-electron chi connectivity index (χ0n) is 26.3. The van der Waals surface area contributed by atoms with Gasteiger partial charge in [-0.05, 0) is 91.3 Å². The van der Waals surface area contributed by atoms with Crippen LogP contribution in [0.1, 0.15) is 25.0 Å². The highest BCUT2D eigenvalue weighted by Crippen LogP contribution is 2.50. The van der Waals surface area contributed by atoms with E-state index in [4.69, 9.17) is 9.97 Å². The van der Waals surface area contributed by atoms with Crippen LogP contribution in [-0.4, -0.2) is 15.0 Å². The van der Waals surface area contributed by atoms with Gasteiger partial charge in [0.05, 0.1) is 11.4 Å². The Labute approximate surface area is 274 Å². The first-order valence-corrected chi connectivity index (χ1v) is 16.1. The number of benzene rings is 6. The maximum Gasteiger partial charge on any atom is 0.160 e. The van der Waals surface area contributed by atoms with E-state index in [1.54, 1.807) is 0 Å². The number of pyridine rings is 1. The predicted molar refractivity (Wildman–Crippen MR) is 194 cm³/mol. The second-order valence-electron chi connectivity index (χ2n) is 12.9. The van der Waals surface area contributed by atoms with Gasteiger partial charge in [0.2, 0.25) is 0 Å². The van der Waals surface area contributed by atoms with E-state index >= 15 is 0 Å². The number of hydrogen-bond donors (Lipinski definition) is 0. The highest BCUT2D eigenvalue weighted by atomic mass is 14.9. The molecule has 9 rings (SSSR count). The molecule has 2 heterocycles. The highest BCUT2D eigenvalue weighted by Gasteiger charge is 2.35. The Morgan fingerprint density at radius 2 is 1.15 bits per heavy atom. The minimum Gasteiger partial charge on any atom is -0.265 e. The van der Waals surface area contributed by atoms with Crippen LogP contribution in [-0.2, 0) is 5.41 Å². The summed E-state index contributed by atoms with van der Waals surface area (Å²) < 4.78 is 0. The fraction of sp³-hybridized carbons (Fsp3) is 0.0682. The number of hydrogen-bond acceptors (Lipinski definition) is 3. The lowest BCUT2D eigenvalue weighted by atomic mass is 9.81. The van der Waals surface area contributed by atoms with Gasteiger partial charge in [-0.25, -0.2) is 9.97 Å². The van der Waals surface area contributed by atoms with E-state index in [9.17, 15) is 0 Å². The summed E-state index contributed by atoms with van der Waals surface area (Å²) >= 11 is 0. The quantitative estimate of drug-likeness (QED) is 0.188. The summed E-state index contributed by atoms with van der Waals surface area (Å²) in [5.74, 6) is 0.711. The van der Waals surface area contributed by atoms with Gasteiger partial charge < -0.3 is 0 Å². The van der Waals surface area contributed by atoms with Crippen LogP contribution in [0, 0.1) is 0 Å². The molecule has 0 saturated carbocycles. The maximum absolute atomic E-state index is 5.20. The van der Waals surface area contributed by atoms with Gasteiger partial charge in [0.25, 0.3) is 0 Å². The van der Waals surface area contributed by atoms with E-state index in [0.29, 0.717) is 5.82 Å². The first-order valence-electron chi connectivity index (χ1n) is 16.1. The summed E-state index contributed by atoms with van der Waals surface area (Å²) in [7, 11) is 0. The second kappa shape index (κ2) is 10.6. The van der Waals surface area contributed by atoms with Crippen LogP contribution in [0.4, 0.5) is 0 Å². The van der Waals surface area contributed by atoms with Gasteiger partial charge in [-0.3, -0.25) is 4.98 Å². The molecule has 2 aromatic heterocycles. The van der Waals surface area contributed by atoms with Crippen molar-refractivity contribution in [2.24, 2.45) is 0 Å². The Balaban J connectivity index is 1.24. The monoisotopic (exact) mass is 601 g/mol. The zero-order chi connectivity index (χ0) is 31.5. The van der Waals surface area contributed by atoms with E-state index in [1.165, 1.54) is 43.8 Å². The Morgan fingerprint density at radius 3 is 2.02 bits per heavy atom. The summed E-state index contributed by atoms with van der Waals surface area (Å²) in [6.07, 6.45) is 3.66. The summed E-state index contributed by atoms with van der Waals surface area (Å²) in [4.78, 5) is 14.5. The van der Waals surface area contributed by atoms with Crippen LogP contribution in [0.2, 0.25) is 0 Å². The lowest BCUT2D eigenvalue weighted by Gasteiger charge is -2.22. The molecule has 0 bridgehead atoms. The van der Waals surface area contributed by atoms with E-state index in [0.717, 1.165) is 39.2 Å².